The summed E-state index contributed by atoms with van der Waals surface area (Å²) < 4.78 is 46.4. The van der Waals surface area contributed by atoms with Crippen molar-refractivity contribution < 1.29 is 22.7 Å². The number of carbonyl (C=O) groups is 1. The fourth-order valence-corrected chi connectivity index (χ4v) is 3.58. The Labute approximate surface area is 178 Å². The van der Waals surface area contributed by atoms with Crippen molar-refractivity contribution in [3.63, 3.8) is 0 Å². The highest BCUT2D eigenvalue weighted by Crippen LogP contribution is 2.32. The number of nitrogens with zero attached hydrogens (tertiary/aromatic N) is 2. The van der Waals surface area contributed by atoms with E-state index in [0.717, 1.165) is 36.7 Å². The zero-order chi connectivity index (χ0) is 22.1. The molecule has 1 aliphatic rings. The monoisotopic (exact) mass is 443 g/mol. The Bertz CT molecular complexity index is 913. The van der Waals surface area contributed by atoms with Gasteiger partial charge in [-0.15, -0.1) is 0 Å². The lowest BCUT2D eigenvalue weighted by atomic mass is 9.91. The van der Waals surface area contributed by atoms with E-state index in [4.69, 9.17) is 16.3 Å². The molecule has 2 aromatic rings. The number of hydrogen-bond donors (Lipinski definition) is 1. The third kappa shape index (κ3) is 5.76. The number of halogens is 4. The number of alkyl halides is 3. The van der Waals surface area contributed by atoms with E-state index in [-0.39, 0.29) is 22.1 Å². The maximum Gasteiger partial charge on any atom is 0.416 e. The van der Waals surface area contributed by atoms with Crippen molar-refractivity contribution >= 4 is 23.3 Å². The van der Waals surface area contributed by atoms with Crippen molar-refractivity contribution in [1.82, 2.24) is 9.78 Å². The molecule has 1 aromatic heterocycles. The topological polar surface area (TPSA) is 56.2 Å². The maximum atomic E-state index is 13.0. The van der Waals surface area contributed by atoms with Gasteiger partial charge in [0.1, 0.15) is 5.82 Å². The molecule has 0 unspecified atom stereocenters. The first kappa shape index (κ1) is 22.6. The number of benzene rings is 1. The quantitative estimate of drug-likeness (QED) is 0.656. The van der Waals surface area contributed by atoms with Crippen molar-refractivity contribution in [2.45, 2.75) is 58.9 Å². The number of nitrogens with one attached hydrogen (secondary N) is 1. The average molecular weight is 444 g/mol. The molecule has 164 valence electrons. The van der Waals surface area contributed by atoms with Crippen LogP contribution in [0.1, 0.15) is 55.2 Å². The Hall–Kier alpha value is -2.06. The van der Waals surface area contributed by atoms with Gasteiger partial charge in [-0.2, -0.15) is 18.3 Å². The van der Waals surface area contributed by atoms with Gasteiger partial charge in [-0.3, -0.25) is 4.79 Å². The van der Waals surface area contributed by atoms with Gasteiger partial charge < -0.3 is 10.1 Å². The molecule has 0 saturated carbocycles. The lowest BCUT2D eigenvalue weighted by Gasteiger charge is -2.16. The van der Waals surface area contributed by atoms with Gasteiger partial charge >= 0.3 is 6.18 Å². The number of hydrogen-bond acceptors (Lipinski definition) is 3. The molecule has 9 heteroatoms. The van der Waals surface area contributed by atoms with E-state index in [0.29, 0.717) is 25.4 Å². The largest absolute Gasteiger partial charge is 0.416 e. The molecule has 2 heterocycles. The molecule has 0 bridgehead atoms. The minimum absolute atomic E-state index is 0.0137. The smallest absolute Gasteiger partial charge is 0.376 e. The van der Waals surface area contributed by atoms with Gasteiger partial charge in [0, 0.05) is 12.7 Å². The number of ether oxygens (including phenoxy) is 1. The third-order valence-corrected chi connectivity index (χ3v) is 5.05. The van der Waals surface area contributed by atoms with Crippen LogP contribution in [0, 0.1) is 5.41 Å². The SMILES string of the molecule is CC(C)(C)Cc1cc(NC(=O)c2cc(C(F)(F)F)ccc2Cl)n(C[C@H]2CCCO2)n1. The number of amides is 1. The summed E-state index contributed by atoms with van der Waals surface area (Å²) in [6.45, 7) is 7.37. The van der Waals surface area contributed by atoms with E-state index in [1.54, 1.807) is 10.7 Å². The zero-order valence-corrected chi connectivity index (χ0v) is 17.9. The van der Waals surface area contributed by atoms with Gasteiger partial charge in [0.05, 0.1) is 34.5 Å². The summed E-state index contributed by atoms with van der Waals surface area (Å²) in [7, 11) is 0. The molecule has 1 saturated heterocycles. The number of aromatic nitrogens is 2. The van der Waals surface area contributed by atoms with E-state index in [1.165, 1.54) is 0 Å². The first-order valence-electron chi connectivity index (χ1n) is 9.79. The van der Waals surface area contributed by atoms with Crippen LogP contribution < -0.4 is 5.32 Å². The molecule has 1 aromatic carbocycles. The van der Waals surface area contributed by atoms with Crippen molar-refractivity contribution in [1.29, 1.82) is 0 Å². The minimum atomic E-state index is -4.57. The van der Waals surface area contributed by atoms with Gasteiger partial charge in [-0.05, 0) is 42.9 Å². The Kier molecular flexibility index (Phi) is 6.48. The normalized spacial score (nSPS) is 17.4. The second-order valence-corrected chi connectivity index (χ2v) is 9.13. The summed E-state index contributed by atoms with van der Waals surface area (Å²) >= 11 is 6.01. The lowest BCUT2D eigenvalue weighted by molar-refractivity contribution is -0.137. The Morgan fingerprint density at radius 1 is 1.30 bits per heavy atom. The summed E-state index contributed by atoms with van der Waals surface area (Å²) in [5.41, 5.74) is -0.410. The fourth-order valence-electron chi connectivity index (χ4n) is 3.38. The van der Waals surface area contributed by atoms with Crippen molar-refractivity contribution in [3.8, 4) is 0 Å². The van der Waals surface area contributed by atoms with Crippen molar-refractivity contribution in [2.75, 3.05) is 11.9 Å². The third-order valence-electron chi connectivity index (χ3n) is 4.72. The predicted molar refractivity (Wildman–Crippen MR) is 109 cm³/mol. The van der Waals surface area contributed by atoms with Crippen LogP contribution in [0.2, 0.25) is 5.02 Å². The van der Waals surface area contributed by atoms with Gasteiger partial charge in [-0.25, -0.2) is 4.68 Å². The lowest BCUT2D eigenvalue weighted by Crippen LogP contribution is -2.21. The second kappa shape index (κ2) is 8.59. The number of carbonyl (C=O) groups excluding carboxylic acids is 1. The Morgan fingerprint density at radius 2 is 2.03 bits per heavy atom. The standard InChI is InChI=1S/C21H25ClF3N3O2/c1-20(2,3)11-14-10-18(28(27-14)12-15-5-4-8-30-15)26-19(29)16-9-13(21(23,24)25)6-7-17(16)22/h6-7,9-10,15H,4-5,8,11-12H2,1-3H3,(H,26,29)/t15-/m1/s1. The number of rotatable bonds is 5. The summed E-state index contributed by atoms with van der Waals surface area (Å²) in [5.74, 6) is -0.315. The van der Waals surface area contributed by atoms with Crippen LogP contribution in [0.25, 0.3) is 0 Å². The molecule has 1 fully saturated rings. The van der Waals surface area contributed by atoms with Gasteiger partial charge in [0.15, 0.2) is 0 Å². The summed E-state index contributed by atoms with van der Waals surface area (Å²) in [5, 5.41) is 7.22. The first-order valence-corrected chi connectivity index (χ1v) is 10.2. The molecular formula is C21H25ClF3N3O2. The van der Waals surface area contributed by atoms with Gasteiger partial charge in [-0.1, -0.05) is 32.4 Å². The molecule has 5 nitrogen and oxygen atoms in total. The highest BCUT2D eigenvalue weighted by Gasteiger charge is 2.32. The zero-order valence-electron chi connectivity index (χ0n) is 17.1. The molecule has 1 N–H and O–H groups in total. The molecule has 0 radical (unpaired) electrons. The van der Waals surface area contributed by atoms with E-state index < -0.39 is 17.6 Å². The number of anilines is 1. The van der Waals surface area contributed by atoms with Crippen molar-refractivity contribution in [2.24, 2.45) is 5.41 Å². The highest BCUT2D eigenvalue weighted by atomic mass is 35.5. The van der Waals surface area contributed by atoms with Crippen LogP contribution in [-0.2, 0) is 23.9 Å². The Morgan fingerprint density at radius 3 is 2.63 bits per heavy atom. The molecule has 1 aliphatic heterocycles. The van der Waals surface area contributed by atoms with Crippen LogP contribution in [0.5, 0.6) is 0 Å². The van der Waals surface area contributed by atoms with E-state index in [9.17, 15) is 18.0 Å². The van der Waals surface area contributed by atoms with E-state index >= 15 is 0 Å². The van der Waals surface area contributed by atoms with E-state index in [2.05, 4.69) is 31.2 Å². The average Bonchev–Trinajstić information content (AvgIpc) is 3.23. The van der Waals surface area contributed by atoms with Crippen LogP contribution in [0.4, 0.5) is 19.0 Å². The molecule has 3 rings (SSSR count). The minimum Gasteiger partial charge on any atom is -0.376 e. The highest BCUT2D eigenvalue weighted by molar-refractivity contribution is 6.34. The molecule has 0 spiro atoms. The van der Waals surface area contributed by atoms with Crippen LogP contribution in [0.3, 0.4) is 0 Å². The first-order chi connectivity index (χ1) is 13.9. The predicted octanol–water partition coefficient (Wildman–Crippen LogP) is 5.58. The summed E-state index contributed by atoms with van der Waals surface area (Å²) in [4.78, 5) is 12.8. The maximum absolute atomic E-state index is 13.0. The second-order valence-electron chi connectivity index (χ2n) is 8.72. The van der Waals surface area contributed by atoms with Gasteiger partial charge in [0.2, 0.25) is 0 Å². The molecule has 1 amide bonds. The fraction of sp³-hybridized carbons (Fsp3) is 0.524. The van der Waals surface area contributed by atoms with Gasteiger partial charge in [0.25, 0.3) is 5.91 Å². The summed E-state index contributed by atoms with van der Waals surface area (Å²) in [6, 6.07) is 4.43. The van der Waals surface area contributed by atoms with Crippen LogP contribution in [0.15, 0.2) is 24.3 Å². The molecule has 1 atom stereocenters. The van der Waals surface area contributed by atoms with Crippen LogP contribution >= 0.6 is 11.6 Å². The summed E-state index contributed by atoms with van der Waals surface area (Å²) in [6.07, 6.45) is -2.05. The Balaban J connectivity index is 1.87. The van der Waals surface area contributed by atoms with Crippen LogP contribution in [-0.4, -0.2) is 28.4 Å². The van der Waals surface area contributed by atoms with E-state index in [1.807, 2.05) is 0 Å². The molecule has 30 heavy (non-hydrogen) atoms. The molecule has 0 aliphatic carbocycles. The molecular weight excluding hydrogens is 419 g/mol. The van der Waals surface area contributed by atoms with Crippen molar-refractivity contribution in [3.05, 3.63) is 46.1 Å².